The zero-order chi connectivity index (χ0) is 14.4. The quantitative estimate of drug-likeness (QED) is 0.831. The fourth-order valence-corrected chi connectivity index (χ4v) is 2.70. The summed E-state index contributed by atoms with van der Waals surface area (Å²) in [5, 5.41) is 3.30. The predicted molar refractivity (Wildman–Crippen MR) is 79.7 cm³/mol. The monoisotopic (exact) mass is 280 g/mol. The van der Waals surface area contributed by atoms with Gasteiger partial charge in [-0.3, -0.25) is 4.90 Å². The first-order valence-corrected chi connectivity index (χ1v) is 7.58. The fraction of sp³-hybridized carbons (Fsp3) is 0.625. The van der Waals surface area contributed by atoms with Crippen LogP contribution in [-0.2, 0) is 0 Å². The molecule has 1 atom stereocenters. The van der Waals surface area contributed by atoms with Crippen molar-refractivity contribution in [3.8, 4) is 5.75 Å². The summed E-state index contributed by atoms with van der Waals surface area (Å²) in [7, 11) is 0. The Labute approximate surface area is 121 Å². The molecule has 112 valence electrons. The summed E-state index contributed by atoms with van der Waals surface area (Å²) in [4.78, 5) is 2.41. The van der Waals surface area contributed by atoms with Crippen LogP contribution in [0.1, 0.15) is 38.3 Å². The van der Waals surface area contributed by atoms with Crippen LogP contribution in [-0.4, -0.2) is 37.7 Å². The molecule has 4 heteroatoms. The van der Waals surface area contributed by atoms with Crippen molar-refractivity contribution in [1.29, 1.82) is 0 Å². The van der Waals surface area contributed by atoms with E-state index >= 15 is 0 Å². The third-order valence-corrected chi connectivity index (χ3v) is 3.81. The molecule has 0 radical (unpaired) electrons. The molecule has 0 amide bonds. The van der Waals surface area contributed by atoms with E-state index in [-0.39, 0.29) is 11.9 Å². The molecule has 1 saturated heterocycles. The molecule has 1 fully saturated rings. The first kappa shape index (κ1) is 15.3. The van der Waals surface area contributed by atoms with Crippen molar-refractivity contribution in [2.75, 3.05) is 32.8 Å². The SMILES string of the molecule is CCNC(C)c1cc(F)ccc1OCCN1CCCC1. The number of likely N-dealkylation sites (tertiary alicyclic amines) is 1. The van der Waals surface area contributed by atoms with E-state index in [1.165, 1.54) is 32.0 Å². The number of halogens is 1. The van der Waals surface area contributed by atoms with Gasteiger partial charge in [-0.25, -0.2) is 4.39 Å². The van der Waals surface area contributed by atoms with Gasteiger partial charge in [-0.2, -0.15) is 0 Å². The number of nitrogens with zero attached hydrogens (tertiary/aromatic N) is 1. The third-order valence-electron chi connectivity index (χ3n) is 3.81. The van der Waals surface area contributed by atoms with Crippen LogP contribution in [0.15, 0.2) is 18.2 Å². The molecule has 1 N–H and O–H groups in total. The summed E-state index contributed by atoms with van der Waals surface area (Å²) in [5.74, 6) is 0.579. The minimum Gasteiger partial charge on any atom is -0.492 e. The summed E-state index contributed by atoms with van der Waals surface area (Å²) in [6.45, 7) is 8.89. The van der Waals surface area contributed by atoms with Gasteiger partial charge in [0, 0.05) is 18.2 Å². The highest BCUT2D eigenvalue weighted by molar-refractivity contribution is 5.36. The third kappa shape index (κ3) is 4.18. The largest absolute Gasteiger partial charge is 0.492 e. The van der Waals surface area contributed by atoms with Crippen LogP contribution >= 0.6 is 0 Å². The van der Waals surface area contributed by atoms with E-state index in [1.807, 2.05) is 13.8 Å². The van der Waals surface area contributed by atoms with Crippen molar-refractivity contribution >= 4 is 0 Å². The number of rotatable bonds is 7. The Bertz CT molecular complexity index is 419. The van der Waals surface area contributed by atoms with E-state index < -0.39 is 0 Å². The predicted octanol–water partition coefficient (Wildman–Crippen LogP) is 2.97. The highest BCUT2D eigenvalue weighted by atomic mass is 19.1. The lowest BCUT2D eigenvalue weighted by atomic mass is 10.1. The van der Waals surface area contributed by atoms with Crippen molar-refractivity contribution < 1.29 is 9.13 Å². The molecule has 1 unspecified atom stereocenters. The zero-order valence-electron chi connectivity index (χ0n) is 12.5. The van der Waals surface area contributed by atoms with Crippen molar-refractivity contribution in [3.05, 3.63) is 29.6 Å². The van der Waals surface area contributed by atoms with Gasteiger partial charge in [0.15, 0.2) is 0 Å². The number of ether oxygens (including phenoxy) is 1. The molecule has 2 rings (SSSR count). The standard InChI is InChI=1S/C16H25FN2O/c1-3-18-13(2)15-12-14(17)6-7-16(15)20-11-10-19-8-4-5-9-19/h6-7,12-13,18H,3-5,8-11H2,1-2H3. The molecule has 0 aromatic heterocycles. The van der Waals surface area contributed by atoms with E-state index in [0.29, 0.717) is 6.61 Å². The average molecular weight is 280 g/mol. The highest BCUT2D eigenvalue weighted by Crippen LogP contribution is 2.26. The van der Waals surface area contributed by atoms with Gasteiger partial charge in [-0.05, 0) is 57.6 Å². The second kappa shape index (κ2) is 7.60. The van der Waals surface area contributed by atoms with Gasteiger partial charge >= 0.3 is 0 Å². The Morgan fingerprint density at radius 1 is 1.35 bits per heavy atom. The van der Waals surface area contributed by atoms with Gasteiger partial charge in [-0.1, -0.05) is 6.92 Å². The minimum absolute atomic E-state index is 0.0949. The Morgan fingerprint density at radius 3 is 2.80 bits per heavy atom. The van der Waals surface area contributed by atoms with Crippen LogP contribution in [0.2, 0.25) is 0 Å². The zero-order valence-corrected chi connectivity index (χ0v) is 12.5. The molecule has 0 aliphatic carbocycles. The topological polar surface area (TPSA) is 24.5 Å². The Morgan fingerprint density at radius 2 is 2.10 bits per heavy atom. The van der Waals surface area contributed by atoms with Crippen LogP contribution < -0.4 is 10.1 Å². The summed E-state index contributed by atoms with van der Waals surface area (Å²) >= 11 is 0. The molecular weight excluding hydrogens is 255 g/mol. The van der Waals surface area contributed by atoms with E-state index in [1.54, 1.807) is 12.1 Å². The highest BCUT2D eigenvalue weighted by Gasteiger charge is 2.14. The fourth-order valence-electron chi connectivity index (χ4n) is 2.70. The molecule has 1 aromatic rings. The second-order valence-corrected chi connectivity index (χ2v) is 5.36. The molecule has 1 heterocycles. The van der Waals surface area contributed by atoms with Crippen LogP contribution in [0, 0.1) is 5.82 Å². The summed E-state index contributed by atoms with van der Waals surface area (Å²) in [6.07, 6.45) is 2.58. The van der Waals surface area contributed by atoms with Crippen LogP contribution in [0.4, 0.5) is 4.39 Å². The Kier molecular flexibility index (Phi) is 5.80. The van der Waals surface area contributed by atoms with E-state index in [0.717, 1.165) is 24.4 Å². The van der Waals surface area contributed by atoms with Gasteiger partial charge in [0.1, 0.15) is 18.2 Å². The maximum absolute atomic E-state index is 13.4. The van der Waals surface area contributed by atoms with Gasteiger partial charge in [0.2, 0.25) is 0 Å². The number of hydrogen-bond acceptors (Lipinski definition) is 3. The number of hydrogen-bond donors (Lipinski definition) is 1. The number of nitrogens with one attached hydrogen (secondary N) is 1. The lowest BCUT2D eigenvalue weighted by molar-refractivity contribution is 0.235. The normalized spacial score (nSPS) is 17.4. The molecule has 0 saturated carbocycles. The smallest absolute Gasteiger partial charge is 0.124 e. The van der Waals surface area contributed by atoms with E-state index in [4.69, 9.17) is 4.74 Å². The molecule has 20 heavy (non-hydrogen) atoms. The first-order valence-electron chi connectivity index (χ1n) is 7.58. The summed E-state index contributed by atoms with van der Waals surface area (Å²) in [5.41, 5.74) is 0.897. The van der Waals surface area contributed by atoms with Crippen LogP contribution in [0.25, 0.3) is 0 Å². The van der Waals surface area contributed by atoms with Gasteiger partial charge in [-0.15, -0.1) is 0 Å². The molecule has 1 aliphatic heterocycles. The summed E-state index contributed by atoms with van der Waals surface area (Å²) < 4.78 is 19.3. The maximum atomic E-state index is 13.4. The average Bonchev–Trinajstić information content (AvgIpc) is 2.94. The Hall–Kier alpha value is -1.13. The van der Waals surface area contributed by atoms with Crippen molar-refractivity contribution in [2.45, 2.75) is 32.7 Å². The molecule has 3 nitrogen and oxygen atoms in total. The van der Waals surface area contributed by atoms with Gasteiger partial charge in [0.05, 0.1) is 0 Å². The number of benzene rings is 1. The van der Waals surface area contributed by atoms with Gasteiger partial charge < -0.3 is 10.1 Å². The van der Waals surface area contributed by atoms with Gasteiger partial charge in [0.25, 0.3) is 0 Å². The van der Waals surface area contributed by atoms with Crippen molar-refractivity contribution in [3.63, 3.8) is 0 Å². The molecule has 0 spiro atoms. The molecule has 0 bridgehead atoms. The maximum Gasteiger partial charge on any atom is 0.124 e. The lowest BCUT2D eigenvalue weighted by Crippen LogP contribution is -2.25. The van der Waals surface area contributed by atoms with E-state index in [9.17, 15) is 4.39 Å². The minimum atomic E-state index is -0.211. The molecule has 1 aliphatic rings. The lowest BCUT2D eigenvalue weighted by Gasteiger charge is -2.19. The Balaban J connectivity index is 1.94. The van der Waals surface area contributed by atoms with Crippen LogP contribution in [0.5, 0.6) is 5.75 Å². The van der Waals surface area contributed by atoms with Crippen molar-refractivity contribution in [2.24, 2.45) is 0 Å². The second-order valence-electron chi connectivity index (χ2n) is 5.36. The molecular formula is C16H25FN2O. The van der Waals surface area contributed by atoms with Crippen LogP contribution in [0.3, 0.4) is 0 Å². The van der Waals surface area contributed by atoms with E-state index in [2.05, 4.69) is 10.2 Å². The first-order chi connectivity index (χ1) is 9.70. The summed E-state index contributed by atoms with van der Waals surface area (Å²) in [6, 6.07) is 4.87. The molecule has 1 aromatic carbocycles. The van der Waals surface area contributed by atoms with Crippen molar-refractivity contribution in [1.82, 2.24) is 10.2 Å².